The molecule has 1 aliphatic rings. The number of halogens is 2. The van der Waals surface area contributed by atoms with Crippen LogP contribution in [0.5, 0.6) is 0 Å². The fourth-order valence-corrected chi connectivity index (χ4v) is 2.51. The van der Waals surface area contributed by atoms with Crippen molar-refractivity contribution in [1.82, 2.24) is 9.78 Å². The summed E-state index contributed by atoms with van der Waals surface area (Å²) in [6.07, 6.45) is 1.49. The molecule has 1 fully saturated rings. The van der Waals surface area contributed by atoms with E-state index in [-0.39, 0.29) is 23.8 Å². The van der Waals surface area contributed by atoms with E-state index in [9.17, 15) is 18.9 Å². The third-order valence-corrected chi connectivity index (χ3v) is 3.35. The molecule has 0 N–H and O–H groups in total. The summed E-state index contributed by atoms with van der Waals surface area (Å²) < 4.78 is 28.8. The van der Waals surface area contributed by atoms with E-state index in [2.05, 4.69) is 5.10 Å². The van der Waals surface area contributed by atoms with Gasteiger partial charge in [0.25, 0.3) is 5.92 Å². The Labute approximate surface area is 109 Å². The van der Waals surface area contributed by atoms with Crippen molar-refractivity contribution in [3.05, 3.63) is 16.3 Å². The van der Waals surface area contributed by atoms with E-state index < -0.39 is 17.4 Å². The lowest BCUT2D eigenvalue weighted by atomic mass is 10.0. The lowest BCUT2D eigenvalue weighted by Gasteiger charge is -2.25. The third-order valence-electron chi connectivity index (χ3n) is 3.35. The summed E-state index contributed by atoms with van der Waals surface area (Å²) in [7, 11) is 1.52. The van der Waals surface area contributed by atoms with Gasteiger partial charge in [0.2, 0.25) is 5.82 Å². The Hall–Kier alpha value is -1.73. The molecule has 1 saturated heterocycles. The van der Waals surface area contributed by atoms with Gasteiger partial charge in [0.05, 0.1) is 11.5 Å². The summed E-state index contributed by atoms with van der Waals surface area (Å²) in [6, 6.07) is 0. The molecule has 1 aromatic heterocycles. The summed E-state index contributed by atoms with van der Waals surface area (Å²) in [5.74, 6) is -2.79. The first kappa shape index (κ1) is 13.7. The van der Waals surface area contributed by atoms with Crippen LogP contribution in [0.2, 0.25) is 0 Å². The van der Waals surface area contributed by atoms with Crippen LogP contribution < -0.4 is 4.90 Å². The third kappa shape index (κ3) is 2.82. The molecule has 0 spiro atoms. The SMILES string of the molecule is CC1CCN(c2c([N+](=O)[O-])cnn2C)CC(F)(F)C1. The highest BCUT2D eigenvalue weighted by Crippen LogP contribution is 2.35. The van der Waals surface area contributed by atoms with Gasteiger partial charge in [-0.25, -0.2) is 13.5 Å². The lowest BCUT2D eigenvalue weighted by Crippen LogP contribution is -2.36. The van der Waals surface area contributed by atoms with Gasteiger partial charge in [-0.15, -0.1) is 0 Å². The summed E-state index contributed by atoms with van der Waals surface area (Å²) in [6.45, 7) is 1.64. The Bertz CT molecular complexity index is 489. The van der Waals surface area contributed by atoms with Crippen LogP contribution in [0.3, 0.4) is 0 Å². The normalized spacial score (nSPS) is 23.2. The highest BCUT2D eigenvalue weighted by atomic mass is 19.3. The number of rotatable bonds is 2. The number of aryl methyl sites for hydroxylation is 1. The van der Waals surface area contributed by atoms with E-state index in [1.54, 1.807) is 6.92 Å². The molecule has 0 bridgehead atoms. The summed E-state index contributed by atoms with van der Waals surface area (Å²) in [5, 5.41) is 14.7. The average Bonchev–Trinajstić information content (AvgIpc) is 2.59. The first-order chi connectivity index (χ1) is 8.80. The van der Waals surface area contributed by atoms with Gasteiger partial charge in [-0.2, -0.15) is 5.10 Å². The van der Waals surface area contributed by atoms with Gasteiger partial charge >= 0.3 is 5.69 Å². The lowest BCUT2D eigenvalue weighted by molar-refractivity contribution is -0.384. The molecule has 106 valence electrons. The van der Waals surface area contributed by atoms with Gasteiger partial charge in [0.1, 0.15) is 6.20 Å². The Balaban J connectivity index is 2.35. The molecule has 0 aliphatic carbocycles. The first-order valence-corrected chi connectivity index (χ1v) is 6.09. The Kier molecular flexibility index (Phi) is 3.42. The van der Waals surface area contributed by atoms with Crippen molar-refractivity contribution in [3.63, 3.8) is 0 Å². The monoisotopic (exact) mass is 274 g/mol. The quantitative estimate of drug-likeness (QED) is 0.612. The average molecular weight is 274 g/mol. The first-order valence-electron chi connectivity index (χ1n) is 6.09. The Morgan fingerprint density at radius 3 is 2.89 bits per heavy atom. The van der Waals surface area contributed by atoms with Gasteiger partial charge in [-0.05, 0) is 12.3 Å². The van der Waals surface area contributed by atoms with Crippen molar-refractivity contribution in [1.29, 1.82) is 0 Å². The van der Waals surface area contributed by atoms with Crippen molar-refractivity contribution in [2.24, 2.45) is 13.0 Å². The van der Waals surface area contributed by atoms with E-state index in [1.165, 1.54) is 16.6 Å². The molecule has 0 amide bonds. The van der Waals surface area contributed by atoms with Crippen molar-refractivity contribution in [2.45, 2.75) is 25.7 Å². The van der Waals surface area contributed by atoms with E-state index in [1.807, 2.05) is 0 Å². The van der Waals surface area contributed by atoms with Gasteiger partial charge in [-0.3, -0.25) is 10.1 Å². The van der Waals surface area contributed by atoms with E-state index >= 15 is 0 Å². The summed E-state index contributed by atoms with van der Waals surface area (Å²) in [4.78, 5) is 11.7. The molecule has 0 aromatic carbocycles. The maximum Gasteiger partial charge on any atom is 0.331 e. The number of anilines is 1. The smallest absolute Gasteiger partial charge is 0.331 e. The van der Waals surface area contributed by atoms with Gasteiger partial charge in [0.15, 0.2) is 0 Å². The van der Waals surface area contributed by atoms with Crippen molar-refractivity contribution >= 4 is 11.5 Å². The number of hydrogen-bond donors (Lipinski definition) is 0. The summed E-state index contributed by atoms with van der Waals surface area (Å²) >= 11 is 0. The second-order valence-electron chi connectivity index (χ2n) is 5.11. The van der Waals surface area contributed by atoms with Crippen LogP contribution in [0, 0.1) is 16.0 Å². The van der Waals surface area contributed by atoms with Crippen LogP contribution in [-0.2, 0) is 7.05 Å². The number of hydrogen-bond acceptors (Lipinski definition) is 4. The van der Waals surface area contributed by atoms with E-state index in [0.29, 0.717) is 13.0 Å². The highest BCUT2D eigenvalue weighted by Gasteiger charge is 2.39. The highest BCUT2D eigenvalue weighted by molar-refractivity contribution is 5.57. The van der Waals surface area contributed by atoms with Gasteiger partial charge in [0, 0.05) is 20.0 Å². The number of nitro groups is 1. The molecule has 1 unspecified atom stereocenters. The molecule has 0 radical (unpaired) electrons. The van der Waals surface area contributed by atoms with Crippen LogP contribution in [0.4, 0.5) is 20.3 Å². The zero-order valence-electron chi connectivity index (χ0n) is 10.8. The molecule has 6 nitrogen and oxygen atoms in total. The molecule has 2 rings (SSSR count). The van der Waals surface area contributed by atoms with E-state index in [4.69, 9.17) is 0 Å². The van der Waals surface area contributed by atoms with Gasteiger partial charge < -0.3 is 4.90 Å². The maximum atomic E-state index is 13.8. The molecular formula is C11H16F2N4O2. The molecule has 19 heavy (non-hydrogen) atoms. The van der Waals surface area contributed by atoms with E-state index in [0.717, 1.165) is 6.20 Å². The van der Waals surface area contributed by atoms with Crippen LogP contribution in [-0.4, -0.2) is 33.7 Å². The van der Waals surface area contributed by atoms with Crippen LogP contribution in [0.25, 0.3) is 0 Å². The zero-order chi connectivity index (χ0) is 14.2. The topological polar surface area (TPSA) is 64.2 Å². The van der Waals surface area contributed by atoms with Crippen LogP contribution in [0.1, 0.15) is 19.8 Å². The zero-order valence-corrected chi connectivity index (χ0v) is 10.8. The standard InChI is InChI=1S/C11H16F2N4O2/c1-8-3-4-16(7-11(12,13)5-8)10-9(17(18)19)6-14-15(10)2/h6,8H,3-5,7H2,1-2H3. The van der Waals surface area contributed by atoms with Crippen LogP contribution in [0.15, 0.2) is 6.20 Å². The van der Waals surface area contributed by atoms with Gasteiger partial charge in [-0.1, -0.05) is 6.92 Å². The number of aromatic nitrogens is 2. The second kappa shape index (κ2) is 4.75. The molecule has 8 heteroatoms. The molecule has 1 aromatic rings. The van der Waals surface area contributed by atoms with Crippen LogP contribution >= 0.6 is 0 Å². The largest absolute Gasteiger partial charge is 0.345 e. The molecule has 1 aliphatic heterocycles. The fraction of sp³-hybridized carbons (Fsp3) is 0.727. The predicted molar refractivity (Wildman–Crippen MR) is 65.4 cm³/mol. The predicted octanol–water partition coefficient (Wildman–Crippen LogP) is 2.20. The fourth-order valence-electron chi connectivity index (χ4n) is 2.51. The number of nitrogens with zero attached hydrogens (tertiary/aromatic N) is 4. The number of alkyl halides is 2. The Morgan fingerprint density at radius 1 is 1.58 bits per heavy atom. The second-order valence-corrected chi connectivity index (χ2v) is 5.11. The molecule has 1 atom stereocenters. The molecule has 0 saturated carbocycles. The molecule has 2 heterocycles. The van der Waals surface area contributed by atoms with Crippen molar-refractivity contribution in [2.75, 3.05) is 18.0 Å². The minimum Gasteiger partial charge on any atom is -0.345 e. The summed E-state index contributed by atoms with van der Waals surface area (Å²) in [5.41, 5.74) is -0.229. The molecular weight excluding hydrogens is 258 g/mol. The maximum absolute atomic E-state index is 13.8. The minimum absolute atomic E-state index is 0.104. The van der Waals surface area contributed by atoms with Crippen molar-refractivity contribution in [3.8, 4) is 0 Å². The Morgan fingerprint density at radius 2 is 2.26 bits per heavy atom. The minimum atomic E-state index is -2.84. The van der Waals surface area contributed by atoms with Crippen molar-refractivity contribution < 1.29 is 13.7 Å².